The largest absolute Gasteiger partial charge is 0.467 e. The van der Waals surface area contributed by atoms with Crippen LogP contribution in [0.15, 0.2) is 12.7 Å². The van der Waals surface area contributed by atoms with Crippen molar-refractivity contribution < 1.29 is 23.8 Å². The highest BCUT2D eigenvalue weighted by molar-refractivity contribution is 5.82. The van der Waals surface area contributed by atoms with Gasteiger partial charge >= 0.3 is 12.1 Å². The van der Waals surface area contributed by atoms with Crippen molar-refractivity contribution in [1.29, 1.82) is 0 Å². The lowest BCUT2D eigenvalue weighted by molar-refractivity contribution is -0.147. The Morgan fingerprint density at radius 3 is 2.38 bits per heavy atom. The van der Waals surface area contributed by atoms with E-state index >= 15 is 0 Å². The van der Waals surface area contributed by atoms with Gasteiger partial charge in [0.2, 0.25) is 0 Å². The second kappa shape index (κ2) is 6.93. The monoisotopic (exact) mass is 299 g/mol. The van der Waals surface area contributed by atoms with Gasteiger partial charge in [-0.25, -0.2) is 9.59 Å². The van der Waals surface area contributed by atoms with Crippen LogP contribution < -0.4 is 0 Å². The second-order valence-corrected chi connectivity index (χ2v) is 6.06. The zero-order valence-electron chi connectivity index (χ0n) is 13.4. The molecular weight excluding hydrogens is 274 g/mol. The minimum atomic E-state index is -0.715. The molecule has 1 amide bonds. The maximum Gasteiger partial charge on any atom is 0.411 e. The summed E-state index contributed by atoms with van der Waals surface area (Å²) in [5.74, 6) is -0.653. The number of hydrogen-bond donors (Lipinski definition) is 0. The van der Waals surface area contributed by atoms with E-state index in [9.17, 15) is 9.59 Å². The molecule has 0 bridgehead atoms. The van der Waals surface area contributed by atoms with Crippen molar-refractivity contribution >= 4 is 12.1 Å². The molecule has 21 heavy (non-hydrogen) atoms. The maximum absolute atomic E-state index is 12.3. The lowest BCUT2D eigenvalue weighted by atomic mass is 9.94. The topological polar surface area (TPSA) is 65.1 Å². The number of amides is 1. The predicted molar refractivity (Wildman–Crippen MR) is 77.8 cm³/mol. The molecule has 0 aromatic heterocycles. The van der Waals surface area contributed by atoms with Crippen molar-refractivity contribution in [3.8, 4) is 0 Å². The van der Waals surface area contributed by atoms with Crippen LogP contribution in [0, 0.1) is 5.92 Å². The van der Waals surface area contributed by atoms with Crippen LogP contribution in [-0.2, 0) is 19.0 Å². The minimum Gasteiger partial charge on any atom is -0.467 e. The van der Waals surface area contributed by atoms with Crippen LogP contribution in [0.5, 0.6) is 0 Å². The number of ether oxygens (including phenoxy) is 3. The van der Waals surface area contributed by atoms with Gasteiger partial charge in [0.05, 0.1) is 19.8 Å². The standard InChI is InChI=1S/C15H25NO5/c1-7-8-10-11(19-5)9-16(12(10)13(17)20-6)14(18)21-15(2,3)4/h7,10-12H,1,8-9H2,2-6H3/t10-,11+,12+/m1/s1. The Balaban J connectivity index is 3.02. The average molecular weight is 299 g/mol. The van der Waals surface area contributed by atoms with Crippen LogP contribution >= 0.6 is 0 Å². The molecule has 0 unspecified atom stereocenters. The molecule has 0 saturated carbocycles. The smallest absolute Gasteiger partial charge is 0.411 e. The number of methoxy groups -OCH3 is 2. The molecule has 0 aromatic rings. The summed E-state index contributed by atoms with van der Waals surface area (Å²) in [6, 6.07) is -0.715. The molecule has 0 N–H and O–H groups in total. The van der Waals surface area contributed by atoms with Gasteiger partial charge in [-0.15, -0.1) is 6.58 Å². The molecule has 1 aliphatic rings. The minimum absolute atomic E-state index is 0.188. The van der Waals surface area contributed by atoms with E-state index in [0.29, 0.717) is 13.0 Å². The SMILES string of the molecule is C=CC[C@@H]1[C@@H](OC)CN(C(=O)OC(C)(C)C)[C@@H]1C(=O)OC. The number of carbonyl (C=O) groups excluding carboxylic acids is 2. The average Bonchev–Trinajstić information content (AvgIpc) is 2.75. The van der Waals surface area contributed by atoms with Gasteiger partial charge in [-0.05, 0) is 27.2 Å². The summed E-state index contributed by atoms with van der Waals surface area (Å²) < 4.78 is 15.6. The van der Waals surface area contributed by atoms with E-state index in [2.05, 4.69) is 6.58 Å². The molecule has 3 atom stereocenters. The third-order valence-electron chi connectivity index (χ3n) is 3.41. The molecule has 0 aliphatic carbocycles. The van der Waals surface area contributed by atoms with E-state index in [1.54, 1.807) is 34.0 Å². The highest BCUT2D eigenvalue weighted by atomic mass is 16.6. The number of allylic oxidation sites excluding steroid dienone is 1. The van der Waals surface area contributed by atoms with Gasteiger partial charge in [0.1, 0.15) is 11.6 Å². The fourth-order valence-electron chi connectivity index (χ4n) is 2.53. The van der Waals surface area contributed by atoms with E-state index in [1.165, 1.54) is 12.0 Å². The predicted octanol–water partition coefficient (Wildman–Crippen LogP) is 1.99. The molecule has 1 aliphatic heterocycles. The first-order chi connectivity index (χ1) is 9.75. The first-order valence-electron chi connectivity index (χ1n) is 6.96. The van der Waals surface area contributed by atoms with Crippen LogP contribution in [0.1, 0.15) is 27.2 Å². The van der Waals surface area contributed by atoms with Crippen molar-refractivity contribution in [2.75, 3.05) is 20.8 Å². The summed E-state index contributed by atoms with van der Waals surface area (Å²) in [7, 11) is 2.87. The Hall–Kier alpha value is -1.56. The Morgan fingerprint density at radius 1 is 1.33 bits per heavy atom. The third kappa shape index (κ3) is 4.20. The first kappa shape index (κ1) is 17.5. The second-order valence-electron chi connectivity index (χ2n) is 6.06. The number of likely N-dealkylation sites (tertiary alicyclic amines) is 1. The Labute approximate surface area is 126 Å². The van der Waals surface area contributed by atoms with Crippen LogP contribution in [0.3, 0.4) is 0 Å². The van der Waals surface area contributed by atoms with Crippen molar-refractivity contribution in [2.45, 2.75) is 44.9 Å². The normalized spacial score (nSPS) is 25.6. The lowest BCUT2D eigenvalue weighted by Crippen LogP contribution is -2.46. The molecular formula is C15H25NO5. The molecule has 0 spiro atoms. The van der Waals surface area contributed by atoms with Gasteiger partial charge in [0, 0.05) is 13.0 Å². The van der Waals surface area contributed by atoms with E-state index < -0.39 is 23.7 Å². The maximum atomic E-state index is 12.3. The van der Waals surface area contributed by atoms with Crippen LogP contribution in [-0.4, -0.2) is 55.5 Å². The summed E-state index contributed by atoms with van der Waals surface area (Å²) in [5, 5.41) is 0. The zero-order valence-corrected chi connectivity index (χ0v) is 13.4. The van der Waals surface area contributed by atoms with Gasteiger partial charge in [0.25, 0.3) is 0 Å². The van der Waals surface area contributed by atoms with Gasteiger partial charge in [-0.3, -0.25) is 4.90 Å². The molecule has 120 valence electrons. The summed E-state index contributed by atoms with van der Waals surface area (Å²) in [6.07, 6.45) is 1.48. The quantitative estimate of drug-likeness (QED) is 0.586. The van der Waals surface area contributed by atoms with E-state index in [4.69, 9.17) is 14.2 Å². The number of carbonyl (C=O) groups is 2. The van der Waals surface area contributed by atoms with Gasteiger partial charge < -0.3 is 14.2 Å². The lowest BCUT2D eigenvalue weighted by Gasteiger charge is -2.28. The fraction of sp³-hybridized carbons (Fsp3) is 0.733. The summed E-state index contributed by atoms with van der Waals surface area (Å²) in [5.41, 5.74) is -0.628. The molecule has 1 saturated heterocycles. The van der Waals surface area contributed by atoms with Gasteiger partial charge in [0.15, 0.2) is 0 Å². The summed E-state index contributed by atoms with van der Waals surface area (Å²) >= 11 is 0. The van der Waals surface area contributed by atoms with E-state index in [1.807, 2.05) is 0 Å². The molecule has 6 heteroatoms. The van der Waals surface area contributed by atoms with Crippen molar-refractivity contribution in [1.82, 2.24) is 4.90 Å². The molecule has 0 aromatic carbocycles. The Kier molecular flexibility index (Phi) is 5.78. The van der Waals surface area contributed by atoms with E-state index in [0.717, 1.165) is 0 Å². The highest BCUT2D eigenvalue weighted by Crippen LogP contribution is 2.32. The third-order valence-corrected chi connectivity index (χ3v) is 3.41. The number of rotatable bonds is 4. The molecule has 0 radical (unpaired) electrons. The number of esters is 1. The molecule has 1 fully saturated rings. The van der Waals surface area contributed by atoms with Gasteiger partial charge in [-0.1, -0.05) is 6.08 Å². The summed E-state index contributed by atoms with van der Waals surface area (Å²) in [6.45, 7) is 9.34. The Bertz CT molecular complexity index is 401. The summed E-state index contributed by atoms with van der Waals surface area (Å²) in [4.78, 5) is 25.8. The molecule has 1 heterocycles. The number of hydrogen-bond acceptors (Lipinski definition) is 5. The van der Waals surface area contributed by atoms with Gasteiger partial charge in [-0.2, -0.15) is 0 Å². The van der Waals surface area contributed by atoms with Crippen LogP contribution in [0.25, 0.3) is 0 Å². The highest BCUT2D eigenvalue weighted by Gasteiger charge is 2.49. The number of nitrogens with zero attached hydrogens (tertiary/aromatic N) is 1. The van der Waals surface area contributed by atoms with Crippen molar-refractivity contribution in [2.24, 2.45) is 5.92 Å². The molecule has 6 nitrogen and oxygen atoms in total. The van der Waals surface area contributed by atoms with Crippen LogP contribution in [0.2, 0.25) is 0 Å². The van der Waals surface area contributed by atoms with Crippen molar-refractivity contribution in [3.05, 3.63) is 12.7 Å². The van der Waals surface area contributed by atoms with E-state index in [-0.39, 0.29) is 12.0 Å². The van der Waals surface area contributed by atoms with Crippen molar-refractivity contribution in [3.63, 3.8) is 0 Å². The Morgan fingerprint density at radius 2 is 1.95 bits per heavy atom. The first-order valence-corrected chi connectivity index (χ1v) is 6.96. The fourth-order valence-corrected chi connectivity index (χ4v) is 2.53. The zero-order chi connectivity index (χ0) is 16.2. The molecule has 1 rings (SSSR count). The van der Waals surface area contributed by atoms with Crippen LogP contribution in [0.4, 0.5) is 4.79 Å².